The Kier molecular flexibility index (Phi) is 3.34. The summed E-state index contributed by atoms with van der Waals surface area (Å²) in [5, 5.41) is 22.4. The van der Waals surface area contributed by atoms with Crippen LogP contribution in [0.1, 0.15) is 55.6 Å². The molecule has 3 rings (SSSR count). The second-order valence-electron chi connectivity index (χ2n) is 6.29. The van der Waals surface area contributed by atoms with Crippen molar-refractivity contribution in [3.63, 3.8) is 0 Å². The molecule has 1 aromatic heterocycles. The first-order valence-corrected chi connectivity index (χ1v) is 7.66. The SMILES string of the molecule is CC1=C(C#N)C(c2cc(C)n(C3CC3)c2C)C(C#N)=C(C)N1. The summed E-state index contributed by atoms with van der Waals surface area (Å²) in [6, 6.07) is 7.37. The highest BCUT2D eigenvalue weighted by molar-refractivity contribution is 5.56. The minimum Gasteiger partial charge on any atom is -0.361 e. The molecule has 1 N–H and O–H groups in total. The number of nitrogens with zero attached hydrogens (tertiary/aromatic N) is 3. The highest BCUT2D eigenvalue weighted by Gasteiger charge is 2.34. The van der Waals surface area contributed by atoms with Gasteiger partial charge in [0.15, 0.2) is 0 Å². The summed E-state index contributed by atoms with van der Waals surface area (Å²) in [5.74, 6) is -0.241. The van der Waals surface area contributed by atoms with E-state index in [9.17, 15) is 10.5 Å². The van der Waals surface area contributed by atoms with E-state index in [4.69, 9.17) is 0 Å². The van der Waals surface area contributed by atoms with Gasteiger partial charge in [0, 0.05) is 28.8 Å². The van der Waals surface area contributed by atoms with E-state index in [2.05, 4.69) is 41.9 Å². The van der Waals surface area contributed by atoms with Crippen LogP contribution in [0.3, 0.4) is 0 Å². The van der Waals surface area contributed by atoms with Gasteiger partial charge >= 0.3 is 0 Å². The third-order valence-electron chi connectivity index (χ3n) is 4.75. The van der Waals surface area contributed by atoms with Crippen LogP contribution >= 0.6 is 0 Å². The Morgan fingerprint density at radius 2 is 1.59 bits per heavy atom. The standard InChI is InChI=1S/C18H20N4/c1-10-7-15(13(4)22(10)14-5-6-14)18-16(8-19)11(2)21-12(3)17(18)9-20/h7,14,18,21H,5-6H2,1-4H3. The third kappa shape index (κ3) is 2.04. The van der Waals surface area contributed by atoms with Crippen LogP contribution in [0.15, 0.2) is 28.6 Å². The molecule has 0 aromatic carbocycles. The van der Waals surface area contributed by atoms with Crippen LogP contribution in [0.4, 0.5) is 0 Å². The topological polar surface area (TPSA) is 64.5 Å². The fraction of sp³-hybridized carbons (Fsp3) is 0.444. The van der Waals surface area contributed by atoms with Crippen molar-refractivity contribution in [2.45, 2.75) is 52.5 Å². The molecule has 2 aliphatic rings. The van der Waals surface area contributed by atoms with E-state index in [0.29, 0.717) is 17.2 Å². The molecule has 1 aliphatic heterocycles. The monoisotopic (exact) mass is 292 g/mol. The van der Waals surface area contributed by atoms with Crippen molar-refractivity contribution in [3.05, 3.63) is 45.6 Å². The number of dihydropyridines is 1. The molecule has 2 heterocycles. The highest BCUT2D eigenvalue weighted by Crippen LogP contribution is 2.43. The quantitative estimate of drug-likeness (QED) is 0.903. The van der Waals surface area contributed by atoms with Crippen molar-refractivity contribution < 1.29 is 0 Å². The Morgan fingerprint density at radius 3 is 2.05 bits per heavy atom. The summed E-state index contributed by atoms with van der Waals surface area (Å²) in [5.41, 5.74) is 6.50. The van der Waals surface area contributed by atoms with Crippen LogP contribution in [0.25, 0.3) is 0 Å². The highest BCUT2D eigenvalue weighted by atomic mass is 15.1. The van der Waals surface area contributed by atoms with Gasteiger partial charge in [0.25, 0.3) is 0 Å². The second-order valence-corrected chi connectivity index (χ2v) is 6.29. The number of hydrogen-bond acceptors (Lipinski definition) is 3. The Morgan fingerprint density at radius 1 is 1.05 bits per heavy atom. The fourth-order valence-electron chi connectivity index (χ4n) is 3.59. The molecule has 0 radical (unpaired) electrons. The summed E-state index contributed by atoms with van der Waals surface area (Å²) in [6.07, 6.45) is 2.45. The van der Waals surface area contributed by atoms with Gasteiger partial charge in [-0.3, -0.25) is 0 Å². The summed E-state index contributed by atoms with van der Waals surface area (Å²) in [7, 11) is 0. The van der Waals surface area contributed by atoms with Crippen LogP contribution in [-0.2, 0) is 0 Å². The number of allylic oxidation sites excluding steroid dienone is 4. The lowest BCUT2D eigenvalue weighted by molar-refractivity contribution is 0.692. The molecule has 1 aliphatic carbocycles. The van der Waals surface area contributed by atoms with E-state index in [0.717, 1.165) is 17.0 Å². The summed E-state index contributed by atoms with van der Waals surface area (Å²) in [4.78, 5) is 0. The molecule has 0 atom stereocenters. The first-order valence-electron chi connectivity index (χ1n) is 7.66. The second kappa shape index (κ2) is 5.07. The lowest BCUT2D eigenvalue weighted by Gasteiger charge is -2.26. The zero-order chi connectivity index (χ0) is 16.0. The molecule has 0 unspecified atom stereocenters. The molecule has 1 saturated carbocycles. The molecule has 4 heteroatoms. The molecule has 4 nitrogen and oxygen atoms in total. The number of aryl methyl sites for hydroxylation is 1. The number of nitriles is 2. The van der Waals surface area contributed by atoms with Gasteiger partial charge in [-0.05, 0) is 52.2 Å². The molecule has 112 valence electrons. The molecule has 22 heavy (non-hydrogen) atoms. The largest absolute Gasteiger partial charge is 0.361 e. The first kappa shape index (κ1) is 14.5. The Bertz CT molecular complexity index is 752. The van der Waals surface area contributed by atoms with Crippen LogP contribution in [-0.4, -0.2) is 4.57 Å². The van der Waals surface area contributed by atoms with Gasteiger partial charge in [-0.25, -0.2) is 0 Å². The minimum atomic E-state index is -0.241. The van der Waals surface area contributed by atoms with E-state index in [1.54, 1.807) is 0 Å². The van der Waals surface area contributed by atoms with Crippen molar-refractivity contribution >= 4 is 0 Å². The van der Waals surface area contributed by atoms with Gasteiger partial charge < -0.3 is 9.88 Å². The van der Waals surface area contributed by atoms with Gasteiger partial charge in [0.2, 0.25) is 0 Å². The van der Waals surface area contributed by atoms with Gasteiger partial charge in [0.05, 0.1) is 29.2 Å². The average molecular weight is 292 g/mol. The normalized spacial score (nSPS) is 19.0. The van der Waals surface area contributed by atoms with Gasteiger partial charge in [0.1, 0.15) is 0 Å². The molecule has 0 amide bonds. The first-order chi connectivity index (χ1) is 10.5. The number of nitrogens with one attached hydrogen (secondary N) is 1. The molecule has 1 aromatic rings. The molecule has 0 saturated heterocycles. The minimum absolute atomic E-state index is 0.241. The van der Waals surface area contributed by atoms with Gasteiger partial charge in [-0.1, -0.05) is 0 Å². The smallest absolute Gasteiger partial charge is 0.0975 e. The van der Waals surface area contributed by atoms with E-state index in [1.807, 2.05) is 13.8 Å². The lowest BCUT2D eigenvalue weighted by Crippen LogP contribution is -2.23. The molecule has 0 bridgehead atoms. The van der Waals surface area contributed by atoms with Crippen LogP contribution < -0.4 is 5.32 Å². The zero-order valence-electron chi connectivity index (χ0n) is 13.5. The van der Waals surface area contributed by atoms with Crippen molar-refractivity contribution in [3.8, 4) is 12.1 Å². The Hall–Kier alpha value is -2.46. The Labute approximate surface area is 131 Å². The lowest BCUT2D eigenvalue weighted by atomic mass is 9.81. The van der Waals surface area contributed by atoms with E-state index < -0.39 is 0 Å². The van der Waals surface area contributed by atoms with Crippen LogP contribution in [0, 0.1) is 36.5 Å². The number of aromatic nitrogens is 1. The fourth-order valence-corrected chi connectivity index (χ4v) is 3.59. The molecular weight excluding hydrogens is 272 g/mol. The predicted octanol–water partition coefficient (Wildman–Crippen LogP) is 3.72. The maximum atomic E-state index is 9.59. The third-order valence-corrected chi connectivity index (χ3v) is 4.75. The van der Waals surface area contributed by atoms with E-state index >= 15 is 0 Å². The average Bonchev–Trinajstić information content (AvgIpc) is 3.24. The molecule has 1 fully saturated rings. The number of rotatable bonds is 2. The van der Waals surface area contributed by atoms with Gasteiger partial charge in [-0.2, -0.15) is 10.5 Å². The zero-order valence-corrected chi connectivity index (χ0v) is 13.5. The van der Waals surface area contributed by atoms with Crippen molar-refractivity contribution in [2.75, 3.05) is 0 Å². The van der Waals surface area contributed by atoms with Gasteiger partial charge in [-0.15, -0.1) is 0 Å². The molecule has 0 spiro atoms. The summed E-state index contributed by atoms with van der Waals surface area (Å²) < 4.78 is 2.37. The van der Waals surface area contributed by atoms with Crippen LogP contribution in [0.2, 0.25) is 0 Å². The van der Waals surface area contributed by atoms with Crippen molar-refractivity contribution in [2.24, 2.45) is 0 Å². The Balaban J connectivity index is 2.20. The van der Waals surface area contributed by atoms with Crippen molar-refractivity contribution in [1.82, 2.24) is 9.88 Å². The van der Waals surface area contributed by atoms with Crippen molar-refractivity contribution in [1.29, 1.82) is 10.5 Å². The predicted molar refractivity (Wildman–Crippen MR) is 84.7 cm³/mol. The summed E-state index contributed by atoms with van der Waals surface area (Å²) >= 11 is 0. The maximum Gasteiger partial charge on any atom is 0.0975 e. The maximum absolute atomic E-state index is 9.59. The number of hydrogen-bond donors (Lipinski definition) is 1. The summed E-state index contributed by atoms with van der Waals surface area (Å²) in [6.45, 7) is 8.03. The van der Waals surface area contributed by atoms with E-state index in [1.165, 1.54) is 24.2 Å². The molecular formula is C18H20N4. The van der Waals surface area contributed by atoms with E-state index in [-0.39, 0.29) is 5.92 Å². The van der Waals surface area contributed by atoms with Crippen LogP contribution in [0.5, 0.6) is 0 Å².